The maximum Gasteiger partial charge on any atom is 0.502 e. The molecule has 0 unspecified atom stereocenters. The molecule has 0 atom stereocenters. The zero-order valence-electron chi connectivity index (χ0n) is 8.66. The second-order valence-electron chi connectivity index (χ2n) is 3.08. The summed E-state index contributed by atoms with van der Waals surface area (Å²) in [6.45, 7) is 1.74. The van der Waals surface area contributed by atoms with E-state index in [4.69, 9.17) is 9.84 Å². The Labute approximate surface area is 90.4 Å². The lowest BCUT2D eigenvalue weighted by molar-refractivity contribution is -0.211. The molecule has 0 bridgehead atoms. The molecule has 0 aliphatic heterocycles. The number of alkyl halides is 2. The topological polar surface area (TPSA) is 55.8 Å². The van der Waals surface area contributed by atoms with Gasteiger partial charge in [0, 0.05) is 0 Å². The molecule has 0 aromatic heterocycles. The van der Waals surface area contributed by atoms with Crippen LogP contribution in [-0.2, 0) is 4.79 Å². The third-order valence-electron chi connectivity index (χ3n) is 1.81. The van der Waals surface area contributed by atoms with Crippen molar-refractivity contribution < 1.29 is 28.2 Å². The van der Waals surface area contributed by atoms with E-state index in [2.05, 4.69) is 4.74 Å². The minimum absolute atomic E-state index is 0.0564. The predicted molar refractivity (Wildman–Crippen MR) is 50.9 cm³/mol. The van der Waals surface area contributed by atoms with Crippen molar-refractivity contribution in [3.05, 3.63) is 23.8 Å². The van der Waals surface area contributed by atoms with Gasteiger partial charge < -0.3 is 14.6 Å². The van der Waals surface area contributed by atoms with Crippen LogP contribution in [0, 0.1) is 6.92 Å². The summed E-state index contributed by atoms with van der Waals surface area (Å²) in [4.78, 5) is 10.2. The van der Waals surface area contributed by atoms with E-state index in [1.807, 2.05) is 0 Å². The molecule has 0 fully saturated rings. The quantitative estimate of drug-likeness (QED) is 0.863. The zero-order valence-corrected chi connectivity index (χ0v) is 8.66. The molecule has 0 saturated carbocycles. The van der Waals surface area contributed by atoms with Gasteiger partial charge in [0.15, 0.2) is 11.5 Å². The van der Waals surface area contributed by atoms with Crippen LogP contribution in [0.1, 0.15) is 5.56 Å². The van der Waals surface area contributed by atoms with Gasteiger partial charge in [0.2, 0.25) is 0 Å². The smallest absolute Gasteiger partial charge is 0.493 e. The average molecular weight is 232 g/mol. The van der Waals surface area contributed by atoms with Gasteiger partial charge in [0.25, 0.3) is 0 Å². The number of carbonyl (C=O) groups is 1. The highest BCUT2D eigenvalue weighted by Gasteiger charge is 2.43. The van der Waals surface area contributed by atoms with Gasteiger partial charge in [-0.05, 0) is 24.6 Å². The molecular formula is C10H10F2O4. The van der Waals surface area contributed by atoms with Gasteiger partial charge in [-0.1, -0.05) is 6.07 Å². The molecular weight excluding hydrogens is 222 g/mol. The Morgan fingerprint density at radius 2 is 2.00 bits per heavy atom. The number of rotatable bonds is 4. The third-order valence-corrected chi connectivity index (χ3v) is 1.81. The van der Waals surface area contributed by atoms with E-state index in [0.717, 1.165) is 5.56 Å². The molecule has 88 valence electrons. The van der Waals surface area contributed by atoms with Gasteiger partial charge >= 0.3 is 12.1 Å². The Morgan fingerprint density at radius 3 is 2.50 bits per heavy atom. The first-order valence-corrected chi connectivity index (χ1v) is 4.31. The molecule has 1 rings (SSSR count). The summed E-state index contributed by atoms with van der Waals surface area (Å²) in [6, 6.07) is 4.20. The van der Waals surface area contributed by atoms with Crippen LogP contribution < -0.4 is 9.47 Å². The number of ether oxygens (including phenoxy) is 2. The normalized spacial score (nSPS) is 11.0. The van der Waals surface area contributed by atoms with E-state index in [1.54, 1.807) is 6.92 Å². The van der Waals surface area contributed by atoms with Gasteiger partial charge in [-0.3, -0.25) is 0 Å². The first-order valence-electron chi connectivity index (χ1n) is 4.31. The third kappa shape index (κ3) is 2.59. The van der Waals surface area contributed by atoms with Crippen molar-refractivity contribution in [3.8, 4) is 11.5 Å². The van der Waals surface area contributed by atoms with E-state index in [1.165, 1.54) is 25.3 Å². The summed E-state index contributed by atoms with van der Waals surface area (Å²) in [7, 11) is 1.28. The van der Waals surface area contributed by atoms with Gasteiger partial charge in [-0.2, -0.15) is 8.78 Å². The number of aliphatic carboxylic acids is 1. The Bertz CT molecular complexity index is 404. The first kappa shape index (κ1) is 12.2. The number of hydrogen-bond donors (Lipinski definition) is 1. The minimum atomic E-state index is -4.28. The summed E-state index contributed by atoms with van der Waals surface area (Å²) < 4.78 is 34.4. The largest absolute Gasteiger partial charge is 0.502 e. The highest BCUT2D eigenvalue weighted by atomic mass is 19.3. The molecule has 4 nitrogen and oxygen atoms in total. The lowest BCUT2D eigenvalue weighted by Gasteiger charge is -2.15. The van der Waals surface area contributed by atoms with Crippen molar-refractivity contribution in [2.45, 2.75) is 13.0 Å². The van der Waals surface area contributed by atoms with E-state index in [0.29, 0.717) is 0 Å². The molecule has 1 aromatic rings. The van der Waals surface area contributed by atoms with Crippen molar-refractivity contribution in [1.29, 1.82) is 0 Å². The summed E-state index contributed by atoms with van der Waals surface area (Å²) in [5.74, 6) is -2.61. The molecule has 0 heterocycles. The van der Waals surface area contributed by atoms with Crippen LogP contribution in [0.25, 0.3) is 0 Å². The molecule has 0 saturated heterocycles. The second kappa shape index (κ2) is 4.34. The van der Waals surface area contributed by atoms with Crippen molar-refractivity contribution in [1.82, 2.24) is 0 Å². The number of benzene rings is 1. The van der Waals surface area contributed by atoms with Crippen LogP contribution in [-0.4, -0.2) is 24.3 Å². The number of carboxylic acid groups (broad SMARTS) is 1. The second-order valence-corrected chi connectivity index (χ2v) is 3.08. The molecule has 0 aliphatic carbocycles. The summed E-state index contributed by atoms with van der Waals surface area (Å²) >= 11 is 0. The summed E-state index contributed by atoms with van der Waals surface area (Å²) in [5, 5.41) is 8.20. The summed E-state index contributed by atoms with van der Waals surface area (Å²) in [6.07, 6.45) is -4.28. The fraction of sp³-hybridized carbons (Fsp3) is 0.300. The highest BCUT2D eigenvalue weighted by molar-refractivity contribution is 5.74. The monoisotopic (exact) mass is 232 g/mol. The lowest BCUT2D eigenvalue weighted by Crippen LogP contribution is -2.34. The highest BCUT2D eigenvalue weighted by Crippen LogP contribution is 2.32. The molecule has 6 heteroatoms. The van der Waals surface area contributed by atoms with Crippen LogP contribution in [0.3, 0.4) is 0 Å². The number of hydrogen-bond acceptors (Lipinski definition) is 3. The van der Waals surface area contributed by atoms with Crippen LogP contribution in [0.2, 0.25) is 0 Å². The predicted octanol–water partition coefficient (Wildman–Crippen LogP) is 2.06. The van der Waals surface area contributed by atoms with E-state index >= 15 is 0 Å². The minimum Gasteiger partial charge on any atom is -0.493 e. The Hall–Kier alpha value is -1.85. The molecule has 0 amide bonds. The molecule has 1 aromatic carbocycles. The summed E-state index contributed by atoms with van der Waals surface area (Å²) in [5.41, 5.74) is 0.780. The number of aryl methyl sites for hydroxylation is 1. The van der Waals surface area contributed by atoms with Gasteiger partial charge in [-0.25, -0.2) is 4.79 Å². The maximum atomic E-state index is 12.8. The lowest BCUT2D eigenvalue weighted by atomic mass is 10.2. The molecule has 0 spiro atoms. The van der Waals surface area contributed by atoms with Crippen molar-refractivity contribution in [2.75, 3.05) is 7.11 Å². The first-order chi connectivity index (χ1) is 7.36. The zero-order chi connectivity index (χ0) is 12.3. The van der Waals surface area contributed by atoms with Crippen LogP contribution >= 0.6 is 0 Å². The number of methoxy groups -OCH3 is 1. The standard InChI is InChI=1S/C10H10F2O4/c1-6-3-4-7(8(5-6)15-2)16-10(11,12)9(13)14/h3-5H,1-2H3,(H,13,14). The van der Waals surface area contributed by atoms with Gasteiger partial charge in [-0.15, -0.1) is 0 Å². The Balaban J connectivity index is 3.01. The number of carboxylic acids is 1. The SMILES string of the molecule is COc1cc(C)ccc1OC(F)(F)C(=O)O. The molecule has 1 N–H and O–H groups in total. The van der Waals surface area contributed by atoms with Crippen LogP contribution in [0.15, 0.2) is 18.2 Å². The van der Waals surface area contributed by atoms with Gasteiger partial charge in [0.1, 0.15) is 0 Å². The fourth-order valence-electron chi connectivity index (χ4n) is 1.04. The molecule has 0 aliphatic rings. The van der Waals surface area contributed by atoms with E-state index in [-0.39, 0.29) is 11.5 Å². The van der Waals surface area contributed by atoms with Crippen molar-refractivity contribution in [3.63, 3.8) is 0 Å². The van der Waals surface area contributed by atoms with Crippen LogP contribution in [0.4, 0.5) is 8.78 Å². The van der Waals surface area contributed by atoms with Crippen LogP contribution in [0.5, 0.6) is 11.5 Å². The average Bonchev–Trinajstić information content (AvgIpc) is 2.20. The molecule has 0 radical (unpaired) electrons. The fourth-order valence-corrected chi connectivity index (χ4v) is 1.04. The van der Waals surface area contributed by atoms with E-state index in [9.17, 15) is 13.6 Å². The van der Waals surface area contributed by atoms with E-state index < -0.39 is 12.1 Å². The molecule has 16 heavy (non-hydrogen) atoms. The van der Waals surface area contributed by atoms with Gasteiger partial charge in [0.05, 0.1) is 7.11 Å². The van der Waals surface area contributed by atoms with Crippen molar-refractivity contribution in [2.24, 2.45) is 0 Å². The Kier molecular flexibility index (Phi) is 3.31. The maximum absolute atomic E-state index is 12.8. The number of halogens is 2. The Morgan fingerprint density at radius 1 is 1.38 bits per heavy atom. The van der Waals surface area contributed by atoms with Crippen molar-refractivity contribution >= 4 is 5.97 Å².